The van der Waals surface area contributed by atoms with E-state index in [1.165, 1.54) is 13.5 Å². The molecule has 2 N–H and O–H groups in total. The molecule has 1 aromatic carbocycles. The molecule has 0 atom stereocenters. The maximum Gasteiger partial charge on any atom is 0.341 e. The predicted molar refractivity (Wildman–Crippen MR) is 125 cm³/mol. The number of carbonyl (C=O) groups excluding carboxylic acids is 3. The topological polar surface area (TPSA) is 93.7 Å². The van der Waals surface area contributed by atoms with Crippen molar-refractivity contribution in [2.24, 2.45) is 0 Å². The summed E-state index contributed by atoms with van der Waals surface area (Å²) < 4.78 is 10.5. The third-order valence-electron chi connectivity index (χ3n) is 5.43. The number of benzene rings is 1. The van der Waals surface area contributed by atoms with Gasteiger partial charge in [0.1, 0.15) is 10.8 Å². The van der Waals surface area contributed by atoms with Crippen molar-refractivity contribution in [2.75, 3.05) is 19.0 Å². The Kier molecular flexibility index (Phi) is 8.15. The van der Waals surface area contributed by atoms with Crippen LogP contribution in [0.15, 0.2) is 18.2 Å². The largest absolute Gasteiger partial charge is 0.483 e. The molecule has 1 heterocycles. The van der Waals surface area contributed by atoms with Gasteiger partial charge in [-0.1, -0.05) is 30.9 Å². The van der Waals surface area contributed by atoms with Gasteiger partial charge in [-0.3, -0.25) is 9.59 Å². The highest BCUT2D eigenvalue weighted by Gasteiger charge is 2.27. The molecule has 7 nitrogen and oxygen atoms in total. The molecule has 0 aliphatic heterocycles. The van der Waals surface area contributed by atoms with Crippen LogP contribution in [0.4, 0.5) is 5.00 Å². The molecule has 1 aromatic heterocycles. The summed E-state index contributed by atoms with van der Waals surface area (Å²) >= 11 is 7.01. The summed E-state index contributed by atoms with van der Waals surface area (Å²) in [6.45, 7) is 3.25. The fourth-order valence-corrected chi connectivity index (χ4v) is 5.09. The quantitative estimate of drug-likeness (QED) is 0.553. The van der Waals surface area contributed by atoms with Crippen LogP contribution in [0.25, 0.3) is 0 Å². The third-order valence-corrected chi connectivity index (χ3v) is 6.87. The zero-order valence-electron chi connectivity index (χ0n) is 18.4. The molecule has 0 spiro atoms. The lowest BCUT2D eigenvalue weighted by molar-refractivity contribution is -0.118. The van der Waals surface area contributed by atoms with Crippen molar-refractivity contribution >= 4 is 45.7 Å². The maximum absolute atomic E-state index is 12.9. The summed E-state index contributed by atoms with van der Waals surface area (Å²) in [5.41, 5.74) is 1.47. The van der Waals surface area contributed by atoms with E-state index < -0.39 is 11.9 Å². The van der Waals surface area contributed by atoms with Gasteiger partial charge in [0.25, 0.3) is 11.8 Å². The molecule has 0 unspecified atom stereocenters. The number of hydrogen-bond acceptors (Lipinski definition) is 6. The Morgan fingerprint density at radius 1 is 1.16 bits per heavy atom. The summed E-state index contributed by atoms with van der Waals surface area (Å²) in [4.78, 5) is 38.2. The first-order valence-corrected chi connectivity index (χ1v) is 11.7. The van der Waals surface area contributed by atoms with Crippen molar-refractivity contribution in [3.63, 3.8) is 0 Å². The van der Waals surface area contributed by atoms with Gasteiger partial charge in [-0.05, 0) is 56.0 Å². The summed E-state index contributed by atoms with van der Waals surface area (Å²) in [5.74, 6) is -0.768. The zero-order valence-corrected chi connectivity index (χ0v) is 20.0. The lowest BCUT2D eigenvalue weighted by atomic mass is 9.95. The summed E-state index contributed by atoms with van der Waals surface area (Å²) in [5, 5.41) is 6.60. The number of ether oxygens (including phenoxy) is 2. The van der Waals surface area contributed by atoms with Crippen molar-refractivity contribution in [3.05, 3.63) is 44.8 Å². The highest BCUT2D eigenvalue weighted by Crippen LogP contribution is 2.34. The fourth-order valence-electron chi connectivity index (χ4n) is 3.74. The number of nitrogens with one attached hydrogen (secondary N) is 2. The molecule has 0 radical (unpaired) electrons. The van der Waals surface area contributed by atoms with Crippen LogP contribution in [0.5, 0.6) is 5.75 Å². The second-order valence-electron chi connectivity index (χ2n) is 7.81. The molecule has 32 heavy (non-hydrogen) atoms. The lowest BCUT2D eigenvalue weighted by Gasteiger charge is -2.22. The monoisotopic (exact) mass is 478 g/mol. The first kappa shape index (κ1) is 24.1. The number of rotatable bonds is 7. The number of aryl methyl sites for hydroxylation is 1. The molecule has 1 aliphatic carbocycles. The average molecular weight is 479 g/mol. The van der Waals surface area contributed by atoms with E-state index in [1.54, 1.807) is 25.1 Å². The van der Waals surface area contributed by atoms with E-state index in [2.05, 4.69) is 10.6 Å². The first-order valence-electron chi connectivity index (χ1n) is 10.5. The van der Waals surface area contributed by atoms with Crippen LogP contribution in [-0.2, 0) is 9.53 Å². The number of carbonyl (C=O) groups is 3. The van der Waals surface area contributed by atoms with Crippen LogP contribution in [0.3, 0.4) is 0 Å². The van der Waals surface area contributed by atoms with Gasteiger partial charge in [0.2, 0.25) is 0 Å². The van der Waals surface area contributed by atoms with Crippen molar-refractivity contribution in [1.82, 2.24) is 5.32 Å². The molecule has 172 valence electrons. The third kappa shape index (κ3) is 5.81. The zero-order chi connectivity index (χ0) is 23.3. The van der Waals surface area contributed by atoms with E-state index in [4.69, 9.17) is 21.1 Å². The number of esters is 1. The number of halogens is 1. The predicted octanol–water partition coefficient (Wildman–Crippen LogP) is 4.88. The van der Waals surface area contributed by atoms with Crippen LogP contribution < -0.4 is 15.4 Å². The number of hydrogen-bond donors (Lipinski definition) is 2. The Balaban J connectivity index is 1.74. The molecule has 1 aliphatic rings. The normalized spacial score (nSPS) is 14.0. The molecule has 1 fully saturated rings. The highest BCUT2D eigenvalue weighted by molar-refractivity contribution is 7.18. The summed E-state index contributed by atoms with van der Waals surface area (Å²) in [7, 11) is 1.26. The van der Waals surface area contributed by atoms with E-state index in [9.17, 15) is 14.4 Å². The number of amides is 2. The number of thiophene rings is 1. The molecule has 2 amide bonds. The molecule has 0 saturated heterocycles. The lowest BCUT2D eigenvalue weighted by Crippen LogP contribution is -2.36. The Morgan fingerprint density at radius 3 is 2.53 bits per heavy atom. The highest BCUT2D eigenvalue weighted by atomic mass is 35.5. The van der Waals surface area contributed by atoms with Crippen molar-refractivity contribution in [2.45, 2.75) is 52.0 Å². The van der Waals surface area contributed by atoms with Gasteiger partial charge in [-0.25, -0.2) is 4.79 Å². The molecule has 0 bridgehead atoms. The average Bonchev–Trinajstić information content (AvgIpc) is 3.09. The molecule has 2 aromatic rings. The minimum atomic E-state index is -0.611. The molecule has 3 rings (SSSR count). The SMILES string of the molecule is COC(=O)c1c(NC(=O)COc2ccc(Cl)cc2C)sc(C(=O)NC2CCCCC2)c1C. The smallest absolute Gasteiger partial charge is 0.341 e. The van der Waals surface area contributed by atoms with Crippen molar-refractivity contribution < 1.29 is 23.9 Å². The fraction of sp³-hybridized carbons (Fsp3) is 0.435. The standard InChI is InChI=1S/C23H27ClN2O5S/c1-13-11-15(24)9-10-17(13)31-12-18(27)26-22-19(23(29)30-3)14(2)20(32-22)21(28)25-16-7-5-4-6-8-16/h9-11,16H,4-8,12H2,1-3H3,(H,25,28)(H,26,27). The molecular formula is C23H27ClN2O5S. The molecule has 1 saturated carbocycles. The minimum Gasteiger partial charge on any atom is -0.483 e. The van der Waals surface area contributed by atoms with Crippen LogP contribution in [0.2, 0.25) is 5.02 Å². The Morgan fingerprint density at radius 2 is 1.88 bits per heavy atom. The summed E-state index contributed by atoms with van der Waals surface area (Å²) in [6, 6.07) is 5.24. The van der Waals surface area contributed by atoms with Gasteiger partial charge in [0, 0.05) is 11.1 Å². The Bertz CT molecular complexity index is 1010. The number of methoxy groups -OCH3 is 1. The van der Waals surface area contributed by atoms with Crippen LogP contribution in [-0.4, -0.2) is 37.5 Å². The Hall–Kier alpha value is -2.58. The van der Waals surface area contributed by atoms with Gasteiger partial charge in [-0.15, -0.1) is 11.3 Å². The molecule has 9 heteroatoms. The van der Waals surface area contributed by atoms with Gasteiger partial charge in [0.15, 0.2) is 6.61 Å². The first-order chi connectivity index (χ1) is 15.3. The van der Waals surface area contributed by atoms with Crippen LogP contribution in [0, 0.1) is 13.8 Å². The van der Waals surface area contributed by atoms with Crippen LogP contribution >= 0.6 is 22.9 Å². The minimum absolute atomic E-state index is 0.133. The second kappa shape index (κ2) is 10.8. The van der Waals surface area contributed by atoms with Gasteiger partial charge < -0.3 is 20.1 Å². The number of anilines is 1. The van der Waals surface area contributed by atoms with Gasteiger partial charge in [-0.2, -0.15) is 0 Å². The van der Waals surface area contributed by atoms with E-state index in [0.717, 1.165) is 42.6 Å². The molecular weight excluding hydrogens is 452 g/mol. The van der Waals surface area contributed by atoms with Crippen molar-refractivity contribution in [1.29, 1.82) is 0 Å². The maximum atomic E-state index is 12.9. The Labute approximate surface area is 196 Å². The van der Waals surface area contributed by atoms with Gasteiger partial charge in [0.05, 0.1) is 17.6 Å². The summed E-state index contributed by atoms with van der Waals surface area (Å²) in [6.07, 6.45) is 5.27. The van der Waals surface area contributed by atoms with E-state index >= 15 is 0 Å². The van der Waals surface area contributed by atoms with E-state index in [0.29, 0.717) is 21.2 Å². The second-order valence-corrected chi connectivity index (χ2v) is 9.26. The van der Waals surface area contributed by atoms with Crippen molar-refractivity contribution in [3.8, 4) is 5.75 Å². The van der Waals surface area contributed by atoms with E-state index in [1.807, 2.05) is 6.92 Å². The van der Waals surface area contributed by atoms with E-state index in [-0.39, 0.29) is 29.1 Å². The van der Waals surface area contributed by atoms with Crippen LogP contribution in [0.1, 0.15) is 63.3 Å². The van der Waals surface area contributed by atoms with Gasteiger partial charge >= 0.3 is 5.97 Å².